The first-order valence-corrected chi connectivity index (χ1v) is 5.89. The van der Waals surface area contributed by atoms with Gasteiger partial charge in [0.05, 0.1) is 0 Å². The molecular weight excluding hydrogens is 230 g/mol. The summed E-state index contributed by atoms with van der Waals surface area (Å²) in [5.41, 5.74) is 5.78. The van der Waals surface area contributed by atoms with Crippen molar-refractivity contribution in [3.05, 3.63) is 27.9 Å². The lowest BCUT2D eigenvalue weighted by Crippen LogP contribution is -2.51. The summed E-state index contributed by atoms with van der Waals surface area (Å²) in [7, 11) is 0. The smallest absolute Gasteiger partial charge is 0.274 e. The second-order valence-corrected chi connectivity index (χ2v) is 5.79. The van der Waals surface area contributed by atoms with E-state index in [0.29, 0.717) is 17.3 Å². The van der Waals surface area contributed by atoms with Gasteiger partial charge in [-0.05, 0) is 20.8 Å². The zero-order valence-corrected chi connectivity index (χ0v) is 11.4. The van der Waals surface area contributed by atoms with Crippen molar-refractivity contribution in [3.63, 3.8) is 0 Å². The summed E-state index contributed by atoms with van der Waals surface area (Å²) in [6, 6.07) is 1.47. The lowest BCUT2D eigenvalue weighted by Gasteiger charge is -2.36. The first kappa shape index (κ1) is 12.8. The highest BCUT2D eigenvalue weighted by atomic mass is 16.1. The van der Waals surface area contributed by atoms with Gasteiger partial charge in [-0.3, -0.25) is 9.89 Å². The molecule has 0 amide bonds. The largest absolute Gasteiger partial charge is 0.325 e. The highest BCUT2D eigenvalue weighted by Crippen LogP contribution is 2.30. The zero-order chi connectivity index (χ0) is 13.7. The molecule has 0 atom stereocenters. The van der Waals surface area contributed by atoms with Crippen molar-refractivity contribution >= 4 is 5.78 Å². The number of hydrogen-bond acceptors (Lipinski definition) is 4. The first-order valence-electron chi connectivity index (χ1n) is 5.89. The Labute approximate surface area is 105 Å². The maximum absolute atomic E-state index is 11.8. The number of aryl methyl sites for hydroxylation is 1. The molecule has 0 fully saturated rings. The van der Waals surface area contributed by atoms with Gasteiger partial charge in [0, 0.05) is 22.7 Å². The number of fused-ring (bicyclic) bond motifs is 1. The Kier molecular flexibility index (Phi) is 2.59. The molecule has 0 saturated carbocycles. The second kappa shape index (κ2) is 3.65. The van der Waals surface area contributed by atoms with E-state index in [-0.39, 0.29) is 5.56 Å². The molecule has 0 aliphatic rings. The van der Waals surface area contributed by atoms with Crippen molar-refractivity contribution in [2.24, 2.45) is 5.73 Å². The summed E-state index contributed by atoms with van der Waals surface area (Å²) in [5.74, 6) is 1.04. The number of hydrogen-bond donors (Lipinski definition) is 2. The highest BCUT2D eigenvalue weighted by molar-refractivity contribution is 5.30. The minimum atomic E-state index is -0.473. The van der Waals surface area contributed by atoms with Crippen LogP contribution < -0.4 is 11.3 Å². The SMILES string of the molecule is Cc1cc(=O)n2[nH]c(C(C)(C)C(C)(C)N)nc2n1. The topological polar surface area (TPSA) is 89.1 Å². The van der Waals surface area contributed by atoms with E-state index in [4.69, 9.17) is 5.73 Å². The molecule has 0 aliphatic carbocycles. The van der Waals surface area contributed by atoms with E-state index in [9.17, 15) is 4.79 Å². The molecule has 0 aliphatic heterocycles. The van der Waals surface area contributed by atoms with Crippen LogP contribution in [0.15, 0.2) is 10.9 Å². The van der Waals surface area contributed by atoms with E-state index in [1.807, 2.05) is 27.7 Å². The van der Waals surface area contributed by atoms with Gasteiger partial charge in [-0.1, -0.05) is 13.8 Å². The number of aromatic amines is 1. The fourth-order valence-corrected chi connectivity index (χ4v) is 1.58. The first-order chi connectivity index (χ1) is 8.13. The molecule has 0 aromatic carbocycles. The molecular formula is C12H19N5O. The van der Waals surface area contributed by atoms with Crippen LogP contribution in [-0.2, 0) is 5.41 Å². The van der Waals surface area contributed by atoms with Gasteiger partial charge < -0.3 is 5.73 Å². The van der Waals surface area contributed by atoms with E-state index in [2.05, 4.69) is 15.1 Å². The van der Waals surface area contributed by atoms with Gasteiger partial charge in [0.15, 0.2) is 0 Å². The molecule has 0 saturated heterocycles. The van der Waals surface area contributed by atoms with Crippen molar-refractivity contribution < 1.29 is 0 Å². The lowest BCUT2D eigenvalue weighted by atomic mass is 9.75. The number of aromatic nitrogens is 4. The van der Waals surface area contributed by atoms with E-state index >= 15 is 0 Å². The number of nitrogens with one attached hydrogen (secondary N) is 1. The highest BCUT2D eigenvalue weighted by Gasteiger charge is 2.38. The Bertz CT molecular complexity index is 645. The van der Waals surface area contributed by atoms with Crippen LogP contribution in [0, 0.1) is 6.92 Å². The molecule has 2 rings (SSSR count). The summed E-state index contributed by atoms with van der Waals surface area (Å²) in [4.78, 5) is 20.4. The standard InChI is InChI=1S/C12H19N5O/c1-7-6-8(18)17-10(14-7)15-9(16-17)11(2,3)12(4,5)13/h6H,13H2,1-5H3,(H,14,15,16). The second-order valence-electron chi connectivity index (χ2n) is 5.79. The van der Waals surface area contributed by atoms with Crippen LogP contribution in [0.5, 0.6) is 0 Å². The third-order valence-corrected chi connectivity index (χ3v) is 3.66. The number of nitrogens with two attached hydrogens (primary N) is 1. The van der Waals surface area contributed by atoms with Crippen LogP contribution in [0.2, 0.25) is 0 Å². The molecule has 3 N–H and O–H groups in total. The van der Waals surface area contributed by atoms with Crippen LogP contribution in [0.3, 0.4) is 0 Å². The van der Waals surface area contributed by atoms with Crippen LogP contribution in [-0.4, -0.2) is 25.1 Å². The van der Waals surface area contributed by atoms with Gasteiger partial charge in [0.2, 0.25) is 0 Å². The van der Waals surface area contributed by atoms with Crippen molar-refractivity contribution in [1.82, 2.24) is 19.6 Å². The predicted octanol–water partition coefficient (Wildman–Crippen LogP) is 0.741. The number of H-pyrrole nitrogens is 1. The normalized spacial score (nSPS) is 13.2. The summed E-state index contributed by atoms with van der Waals surface area (Å²) >= 11 is 0. The van der Waals surface area contributed by atoms with Gasteiger partial charge in [-0.25, -0.2) is 4.98 Å². The van der Waals surface area contributed by atoms with Crippen LogP contribution in [0.4, 0.5) is 0 Å². The average Bonchev–Trinajstić information content (AvgIpc) is 2.59. The molecule has 2 aromatic heterocycles. The average molecular weight is 249 g/mol. The Morgan fingerprint density at radius 1 is 1.28 bits per heavy atom. The fraction of sp³-hybridized carbons (Fsp3) is 0.583. The Morgan fingerprint density at radius 3 is 2.44 bits per heavy atom. The molecule has 2 aromatic rings. The van der Waals surface area contributed by atoms with Gasteiger partial charge in [-0.2, -0.15) is 9.50 Å². The van der Waals surface area contributed by atoms with Gasteiger partial charge in [0.1, 0.15) is 5.82 Å². The Morgan fingerprint density at radius 2 is 1.89 bits per heavy atom. The van der Waals surface area contributed by atoms with Gasteiger partial charge >= 0.3 is 0 Å². The Balaban J connectivity index is 2.69. The molecule has 0 unspecified atom stereocenters. The van der Waals surface area contributed by atoms with Crippen LogP contribution in [0.1, 0.15) is 39.2 Å². The molecule has 2 heterocycles. The van der Waals surface area contributed by atoms with Crippen LogP contribution >= 0.6 is 0 Å². The molecule has 98 valence electrons. The van der Waals surface area contributed by atoms with Crippen molar-refractivity contribution in [2.75, 3.05) is 0 Å². The Hall–Kier alpha value is -1.69. The van der Waals surface area contributed by atoms with Gasteiger partial charge in [0.25, 0.3) is 11.3 Å². The number of nitrogens with zero attached hydrogens (tertiary/aromatic N) is 3. The molecule has 6 heteroatoms. The molecule has 18 heavy (non-hydrogen) atoms. The minimum Gasteiger partial charge on any atom is -0.325 e. The molecule has 0 bridgehead atoms. The zero-order valence-electron chi connectivity index (χ0n) is 11.4. The maximum atomic E-state index is 11.8. The van der Waals surface area contributed by atoms with Crippen molar-refractivity contribution in [3.8, 4) is 0 Å². The molecule has 0 radical (unpaired) electrons. The summed E-state index contributed by atoms with van der Waals surface area (Å²) in [5, 5.41) is 2.99. The quantitative estimate of drug-likeness (QED) is 0.821. The van der Waals surface area contributed by atoms with E-state index in [0.717, 1.165) is 0 Å². The van der Waals surface area contributed by atoms with E-state index in [1.165, 1.54) is 10.6 Å². The van der Waals surface area contributed by atoms with Crippen molar-refractivity contribution in [1.29, 1.82) is 0 Å². The van der Waals surface area contributed by atoms with E-state index in [1.54, 1.807) is 6.92 Å². The van der Waals surface area contributed by atoms with Gasteiger partial charge in [-0.15, -0.1) is 0 Å². The maximum Gasteiger partial charge on any atom is 0.274 e. The van der Waals surface area contributed by atoms with E-state index < -0.39 is 11.0 Å². The third-order valence-electron chi connectivity index (χ3n) is 3.66. The lowest BCUT2D eigenvalue weighted by molar-refractivity contribution is 0.291. The third kappa shape index (κ3) is 1.82. The summed E-state index contributed by atoms with van der Waals surface area (Å²) < 4.78 is 1.34. The molecule has 6 nitrogen and oxygen atoms in total. The monoisotopic (exact) mass is 249 g/mol. The summed E-state index contributed by atoms with van der Waals surface area (Å²) in [6.07, 6.45) is 0. The fourth-order valence-electron chi connectivity index (χ4n) is 1.58. The van der Waals surface area contributed by atoms with Crippen LogP contribution in [0.25, 0.3) is 5.78 Å². The molecule has 0 spiro atoms. The predicted molar refractivity (Wildman–Crippen MR) is 69.6 cm³/mol. The minimum absolute atomic E-state index is 0.165. The van der Waals surface area contributed by atoms with Crippen molar-refractivity contribution in [2.45, 2.75) is 45.6 Å². The number of rotatable bonds is 2. The summed E-state index contributed by atoms with van der Waals surface area (Å²) in [6.45, 7) is 9.61.